The predicted octanol–water partition coefficient (Wildman–Crippen LogP) is 3.93. The summed E-state index contributed by atoms with van der Waals surface area (Å²) in [6.07, 6.45) is -2.19. The van der Waals surface area contributed by atoms with Gasteiger partial charge in [0.15, 0.2) is 5.01 Å². The summed E-state index contributed by atoms with van der Waals surface area (Å²) in [4.78, 5) is 6.46. The van der Waals surface area contributed by atoms with Crippen molar-refractivity contribution in [3.63, 3.8) is 0 Å². The zero-order chi connectivity index (χ0) is 16.3. The summed E-state index contributed by atoms with van der Waals surface area (Å²) in [5.41, 5.74) is -0.256. The Morgan fingerprint density at radius 1 is 1.29 bits per heavy atom. The Morgan fingerprint density at radius 2 is 1.86 bits per heavy atom. The van der Waals surface area contributed by atoms with Gasteiger partial charge in [0.1, 0.15) is 0 Å². The van der Waals surface area contributed by atoms with E-state index in [4.69, 9.17) is 0 Å². The SMILES string of the molecule is CCN(CC)C(C)(CC)C(NC)c1cnc(C(F)(F)F)s1. The van der Waals surface area contributed by atoms with Crippen molar-refractivity contribution < 1.29 is 13.2 Å². The highest BCUT2D eigenvalue weighted by molar-refractivity contribution is 7.11. The lowest BCUT2D eigenvalue weighted by molar-refractivity contribution is -0.137. The topological polar surface area (TPSA) is 28.2 Å². The number of halogens is 3. The number of hydrogen-bond donors (Lipinski definition) is 1. The van der Waals surface area contributed by atoms with Crippen molar-refractivity contribution in [2.75, 3.05) is 20.1 Å². The minimum atomic E-state index is -4.38. The van der Waals surface area contributed by atoms with Gasteiger partial charge in [-0.05, 0) is 33.5 Å². The van der Waals surface area contributed by atoms with Crippen molar-refractivity contribution in [3.8, 4) is 0 Å². The number of nitrogens with one attached hydrogen (secondary N) is 1. The van der Waals surface area contributed by atoms with E-state index in [1.54, 1.807) is 7.05 Å². The Labute approximate surface area is 128 Å². The van der Waals surface area contributed by atoms with E-state index in [9.17, 15) is 13.2 Å². The molecular weight excluding hydrogens is 299 g/mol. The summed E-state index contributed by atoms with van der Waals surface area (Å²) in [6.45, 7) is 9.99. The quantitative estimate of drug-likeness (QED) is 0.824. The van der Waals surface area contributed by atoms with Crippen LogP contribution in [0.25, 0.3) is 0 Å². The van der Waals surface area contributed by atoms with Crippen LogP contribution in [-0.4, -0.2) is 35.6 Å². The van der Waals surface area contributed by atoms with Gasteiger partial charge < -0.3 is 5.32 Å². The molecule has 0 aromatic carbocycles. The van der Waals surface area contributed by atoms with Gasteiger partial charge in [-0.2, -0.15) is 13.2 Å². The molecule has 0 amide bonds. The fourth-order valence-electron chi connectivity index (χ4n) is 2.87. The Balaban J connectivity index is 3.18. The Morgan fingerprint density at radius 3 is 2.19 bits per heavy atom. The number of hydrogen-bond acceptors (Lipinski definition) is 4. The van der Waals surface area contributed by atoms with E-state index >= 15 is 0 Å². The Hall–Kier alpha value is -0.660. The molecule has 0 radical (unpaired) electrons. The number of aromatic nitrogens is 1. The van der Waals surface area contributed by atoms with Crippen molar-refractivity contribution in [1.29, 1.82) is 0 Å². The van der Waals surface area contributed by atoms with Crippen LogP contribution in [0.3, 0.4) is 0 Å². The average Bonchev–Trinajstić information content (AvgIpc) is 2.90. The van der Waals surface area contributed by atoms with E-state index < -0.39 is 11.2 Å². The zero-order valence-electron chi connectivity index (χ0n) is 13.2. The third-order valence-electron chi connectivity index (χ3n) is 4.16. The molecule has 1 rings (SSSR count). The molecule has 0 fully saturated rings. The molecule has 2 unspecified atom stereocenters. The monoisotopic (exact) mass is 323 g/mol. The molecule has 21 heavy (non-hydrogen) atoms. The lowest BCUT2D eigenvalue weighted by Crippen LogP contribution is -2.53. The maximum Gasteiger partial charge on any atom is 0.443 e. The largest absolute Gasteiger partial charge is 0.443 e. The highest BCUT2D eigenvalue weighted by atomic mass is 32.1. The van der Waals surface area contributed by atoms with Crippen LogP contribution in [0.1, 0.15) is 50.0 Å². The molecule has 0 saturated carbocycles. The van der Waals surface area contributed by atoms with Crippen LogP contribution in [-0.2, 0) is 6.18 Å². The first kappa shape index (κ1) is 18.4. The van der Waals surface area contributed by atoms with E-state index in [1.807, 2.05) is 0 Å². The van der Waals surface area contributed by atoms with Crippen LogP contribution in [0.15, 0.2) is 6.20 Å². The van der Waals surface area contributed by atoms with Gasteiger partial charge in [-0.1, -0.05) is 20.8 Å². The highest BCUT2D eigenvalue weighted by Crippen LogP contribution is 2.40. The van der Waals surface area contributed by atoms with Crippen LogP contribution in [0.2, 0.25) is 0 Å². The molecule has 7 heteroatoms. The number of alkyl halides is 3. The maximum atomic E-state index is 12.8. The summed E-state index contributed by atoms with van der Waals surface area (Å²) in [6, 6.07) is -0.184. The van der Waals surface area contributed by atoms with Gasteiger partial charge in [0.05, 0.1) is 6.04 Å². The predicted molar refractivity (Wildman–Crippen MR) is 80.5 cm³/mol. The van der Waals surface area contributed by atoms with E-state index in [-0.39, 0.29) is 11.6 Å². The molecule has 0 bridgehead atoms. The standard InChI is InChI=1S/C14H24F3N3S/c1-6-13(4,20(7-2)8-3)11(18-5)10-9-19-12(21-10)14(15,16)17/h9,11,18H,6-8H2,1-5H3. The van der Waals surface area contributed by atoms with E-state index in [1.165, 1.54) is 6.20 Å². The van der Waals surface area contributed by atoms with Gasteiger partial charge in [0.2, 0.25) is 0 Å². The van der Waals surface area contributed by atoms with Crippen molar-refractivity contribution in [2.24, 2.45) is 0 Å². The molecule has 0 aliphatic heterocycles. The smallest absolute Gasteiger partial charge is 0.311 e. The molecule has 1 aromatic heterocycles. The number of rotatable bonds is 7. The average molecular weight is 323 g/mol. The number of nitrogens with zero attached hydrogens (tertiary/aromatic N) is 2. The second kappa shape index (κ2) is 7.07. The highest BCUT2D eigenvalue weighted by Gasteiger charge is 2.40. The minimum absolute atomic E-state index is 0.184. The molecule has 122 valence electrons. The van der Waals surface area contributed by atoms with Crippen LogP contribution in [0, 0.1) is 0 Å². The molecule has 1 heterocycles. The fourth-order valence-corrected chi connectivity index (χ4v) is 3.91. The van der Waals surface area contributed by atoms with Gasteiger partial charge in [0, 0.05) is 16.6 Å². The van der Waals surface area contributed by atoms with E-state index in [2.05, 4.69) is 42.9 Å². The lowest BCUT2D eigenvalue weighted by Gasteiger charge is -2.45. The van der Waals surface area contributed by atoms with Crippen LogP contribution in [0.5, 0.6) is 0 Å². The molecule has 0 aliphatic carbocycles. The first-order valence-electron chi connectivity index (χ1n) is 7.19. The van der Waals surface area contributed by atoms with Crippen LogP contribution >= 0.6 is 11.3 Å². The number of thiazole rings is 1. The van der Waals surface area contributed by atoms with Gasteiger partial charge >= 0.3 is 6.18 Å². The van der Waals surface area contributed by atoms with Gasteiger partial charge in [-0.25, -0.2) is 4.98 Å². The molecule has 0 aliphatic rings. The summed E-state index contributed by atoms with van der Waals surface area (Å²) >= 11 is 0.728. The Bertz CT molecular complexity index is 443. The molecule has 1 aromatic rings. The van der Waals surface area contributed by atoms with Crippen LogP contribution < -0.4 is 5.32 Å². The van der Waals surface area contributed by atoms with Crippen molar-refractivity contribution in [3.05, 3.63) is 16.1 Å². The molecular formula is C14H24F3N3S. The first-order valence-corrected chi connectivity index (χ1v) is 8.01. The van der Waals surface area contributed by atoms with Crippen molar-refractivity contribution >= 4 is 11.3 Å². The van der Waals surface area contributed by atoms with Gasteiger partial charge in [0.25, 0.3) is 0 Å². The van der Waals surface area contributed by atoms with E-state index in [0.717, 1.165) is 30.8 Å². The zero-order valence-corrected chi connectivity index (χ0v) is 14.0. The lowest BCUT2D eigenvalue weighted by atomic mass is 9.86. The molecule has 0 spiro atoms. The summed E-state index contributed by atoms with van der Waals surface area (Å²) < 4.78 is 38.3. The van der Waals surface area contributed by atoms with Crippen molar-refractivity contribution in [2.45, 2.75) is 51.9 Å². The summed E-state index contributed by atoms with van der Waals surface area (Å²) in [7, 11) is 1.79. The molecule has 2 atom stereocenters. The summed E-state index contributed by atoms with van der Waals surface area (Å²) in [5, 5.41) is 2.40. The summed E-state index contributed by atoms with van der Waals surface area (Å²) in [5.74, 6) is 0. The first-order chi connectivity index (χ1) is 9.74. The molecule has 3 nitrogen and oxygen atoms in total. The maximum absolute atomic E-state index is 12.8. The van der Waals surface area contributed by atoms with Gasteiger partial charge in [-0.15, -0.1) is 11.3 Å². The normalized spacial score (nSPS) is 17.0. The Kier molecular flexibility index (Phi) is 6.19. The van der Waals surface area contributed by atoms with Crippen molar-refractivity contribution in [1.82, 2.24) is 15.2 Å². The van der Waals surface area contributed by atoms with E-state index in [0.29, 0.717) is 4.88 Å². The third kappa shape index (κ3) is 3.76. The number of likely N-dealkylation sites (N-methyl/N-ethyl adjacent to an activating group) is 2. The minimum Gasteiger partial charge on any atom is -0.311 e. The fraction of sp³-hybridized carbons (Fsp3) is 0.786. The molecule has 1 N–H and O–H groups in total. The second-order valence-corrected chi connectivity index (χ2v) is 6.23. The molecule has 0 saturated heterocycles. The third-order valence-corrected chi connectivity index (χ3v) is 5.27. The van der Waals surface area contributed by atoms with Gasteiger partial charge in [-0.3, -0.25) is 4.90 Å². The second-order valence-electron chi connectivity index (χ2n) is 5.17. The van der Waals surface area contributed by atoms with Crippen LogP contribution in [0.4, 0.5) is 13.2 Å².